The molecule has 0 bridgehead atoms. The van der Waals surface area contributed by atoms with E-state index < -0.39 is 0 Å². The standard InChI is InChI=1S/C19H40N2/c1-6-8-12-21(7-2)16-19(15-20-14-17(3)4)11-9-10-18(5)13-19/h17-18,20H,6-16H2,1-5H3. The van der Waals surface area contributed by atoms with E-state index in [0.29, 0.717) is 5.41 Å². The van der Waals surface area contributed by atoms with Crippen LogP contribution in [0.25, 0.3) is 0 Å². The molecule has 2 atom stereocenters. The van der Waals surface area contributed by atoms with Gasteiger partial charge in [-0.1, -0.05) is 53.9 Å². The van der Waals surface area contributed by atoms with Crippen molar-refractivity contribution in [1.82, 2.24) is 10.2 Å². The third kappa shape index (κ3) is 7.15. The summed E-state index contributed by atoms with van der Waals surface area (Å²) in [6, 6.07) is 0. The van der Waals surface area contributed by atoms with Gasteiger partial charge >= 0.3 is 0 Å². The van der Waals surface area contributed by atoms with Crippen LogP contribution in [0.2, 0.25) is 0 Å². The molecule has 0 radical (unpaired) electrons. The first-order valence-corrected chi connectivity index (χ1v) is 9.44. The average molecular weight is 297 g/mol. The van der Waals surface area contributed by atoms with Gasteiger partial charge in [-0.2, -0.15) is 0 Å². The van der Waals surface area contributed by atoms with E-state index in [1.54, 1.807) is 0 Å². The topological polar surface area (TPSA) is 15.3 Å². The molecule has 0 heterocycles. The van der Waals surface area contributed by atoms with Crippen LogP contribution in [0, 0.1) is 17.3 Å². The molecule has 1 fully saturated rings. The molecule has 0 amide bonds. The lowest BCUT2D eigenvalue weighted by Crippen LogP contribution is -2.47. The summed E-state index contributed by atoms with van der Waals surface area (Å²) in [7, 11) is 0. The van der Waals surface area contributed by atoms with E-state index in [9.17, 15) is 0 Å². The van der Waals surface area contributed by atoms with Gasteiger partial charge in [-0.3, -0.25) is 0 Å². The number of hydrogen-bond acceptors (Lipinski definition) is 2. The minimum absolute atomic E-state index is 0.524. The molecule has 2 unspecified atom stereocenters. The van der Waals surface area contributed by atoms with Crippen molar-refractivity contribution in [3.05, 3.63) is 0 Å². The van der Waals surface area contributed by atoms with Gasteiger partial charge in [0, 0.05) is 13.1 Å². The Morgan fingerprint density at radius 1 is 1.29 bits per heavy atom. The second kappa shape index (κ2) is 9.84. The fraction of sp³-hybridized carbons (Fsp3) is 1.00. The SMILES string of the molecule is CCCCN(CC)CC1(CNCC(C)C)CCCC(C)C1. The molecular weight excluding hydrogens is 256 g/mol. The maximum atomic E-state index is 3.77. The van der Waals surface area contributed by atoms with E-state index in [1.807, 2.05) is 0 Å². The molecule has 0 aromatic rings. The molecule has 1 rings (SSSR count). The molecule has 2 heteroatoms. The molecule has 1 N–H and O–H groups in total. The summed E-state index contributed by atoms with van der Waals surface area (Å²) in [5.41, 5.74) is 0.524. The van der Waals surface area contributed by atoms with Crippen LogP contribution >= 0.6 is 0 Å². The average Bonchev–Trinajstić information content (AvgIpc) is 2.43. The zero-order chi connectivity index (χ0) is 15.7. The lowest BCUT2D eigenvalue weighted by Gasteiger charge is -2.43. The summed E-state index contributed by atoms with van der Waals surface area (Å²) >= 11 is 0. The zero-order valence-electron chi connectivity index (χ0n) is 15.4. The molecule has 0 spiro atoms. The van der Waals surface area contributed by atoms with Crippen molar-refractivity contribution in [2.24, 2.45) is 17.3 Å². The zero-order valence-corrected chi connectivity index (χ0v) is 15.4. The van der Waals surface area contributed by atoms with Crippen molar-refractivity contribution in [3.8, 4) is 0 Å². The van der Waals surface area contributed by atoms with Crippen molar-refractivity contribution in [2.75, 3.05) is 32.7 Å². The molecule has 0 aliphatic heterocycles. The van der Waals surface area contributed by atoms with Crippen molar-refractivity contribution in [1.29, 1.82) is 0 Å². The van der Waals surface area contributed by atoms with Crippen LogP contribution < -0.4 is 5.32 Å². The Morgan fingerprint density at radius 3 is 2.62 bits per heavy atom. The van der Waals surface area contributed by atoms with Crippen LogP contribution in [0.15, 0.2) is 0 Å². The highest BCUT2D eigenvalue weighted by molar-refractivity contribution is 4.90. The van der Waals surface area contributed by atoms with E-state index >= 15 is 0 Å². The van der Waals surface area contributed by atoms with E-state index in [2.05, 4.69) is 44.8 Å². The highest BCUT2D eigenvalue weighted by atomic mass is 15.1. The van der Waals surface area contributed by atoms with E-state index in [-0.39, 0.29) is 0 Å². The first kappa shape index (κ1) is 19.0. The lowest BCUT2D eigenvalue weighted by atomic mass is 9.69. The number of nitrogens with zero attached hydrogens (tertiary/aromatic N) is 1. The molecule has 21 heavy (non-hydrogen) atoms. The fourth-order valence-corrected chi connectivity index (χ4v) is 3.96. The largest absolute Gasteiger partial charge is 0.316 e. The Kier molecular flexibility index (Phi) is 8.89. The lowest BCUT2D eigenvalue weighted by molar-refractivity contribution is 0.0810. The van der Waals surface area contributed by atoms with Gasteiger partial charge in [0.05, 0.1) is 0 Å². The Morgan fingerprint density at radius 2 is 2.05 bits per heavy atom. The molecule has 0 aromatic carbocycles. The predicted molar refractivity (Wildman–Crippen MR) is 94.8 cm³/mol. The Balaban J connectivity index is 2.61. The van der Waals surface area contributed by atoms with Gasteiger partial charge in [0.1, 0.15) is 0 Å². The highest BCUT2D eigenvalue weighted by Crippen LogP contribution is 2.39. The van der Waals surface area contributed by atoms with E-state index in [1.165, 1.54) is 64.7 Å². The van der Waals surface area contributed by atoms with E-state index in [0.717, 1.165) is 18.4 Å². The van der Waals surface area contributed by atoms with Gasteiger partial charge < -0.3 is 10.2 Å². The Labute approximate surface area is 134 Å². The smallest absolute Gasteiger partial charge is 0.00501 e. The van der Waals surface area contributed by atoms with Gasteiger partial charge in [-0.15, -0.1) is 0 Å². The van der Waals surface area contributed by atoms with Crippen LogP contribution in [0.5, 0.6) is 0 Å². The minimum atomic E-state index is 0.524. The van der Waals surface area contributed by atoms with Gasteiger partial charge in [0.2, 0.25) is 0 Å². The number of hydrogen-bond donors (Lipinski definition) is 1. The predicted octanol–water partition coefficient (Wildman–Crippen LogP) is 4.55. The van der Waals surface area contributed by atoms with E-state index in [4.69, 9.17) is 0 Å². The number of unbranched alkanes of at least 4 members (excludes halogenated alkanes) is 1. The summed E-state index contributed by atoms with van der Waals surface area (Å²) in [5, 5.41) is 3.77. The van der Waals surface area contributed by atoms with Gasteiger partial charge in [-0.05, 0) is 56.1 Å². The summed E-state index contributed by atoms with van der Waals surface area (Å²) in [6.45, 7) is 17.9. The highest BCUT2D eigenvalue weighted by Gasteiger charge is 2.35. The molecule has 1 aliphatic carbocycles. The first-order valence-electron chi connectivity index (χ1n) is 9.44. The van der Waals surface area contributed by atoms with Crippen LogP contribution in [0.3, 0.4) is 0 Å². The normalized spacial score (nSPS) is 26.7. The molecule has 2 nitrogen and oxygen atoms in total. The molecule has 0 aromatic heterocycles. The molecule has 126 valence electrons. The minimum Gasteiger partial charge on any atom is -0.316 e. The molecule has 0 saturated heterocycles. The van der Waals surface area contributed by atoms with Crippen LogP contribution in [-0.2, 0) is 0 Å². The number of rotatable bonds is 10. The first-order chi connectivity index (χ1) is 10.0. The summed E-state index contributed by atoms with van der Waals surface area (Å²) in [6.07, 6.45) is 8.36. The Hall–Kier alpha value is -0.0800. The monoisotopic (exact) mass is 296 g/mol. The van der Waals surface area contributed by atoms with Crippen LogP contribution in [-0.4, -0.2) is 37.6 Å². The Bertz CT molecular complexity index is 264. The van der Waals surface area contributed by atoms with Crippen molar-refractivity contribution in [3.63, 3.8) is 0 Å². The summed E-state index contributed by atoms with van der Waals surface area (Å²) in [4.78, 5) is 2.71. The molecule has 1 saturated carbocycles. The quantitative estimate of drug-likeness (QED) is 0.636. The second-order valence-corrected chi connectivity index (χ2v) is 7.95. The summed E-state index contributed by atoms with van der Waals surface area (Å²) < 4.78 is 0. The van der Waals surface area contributed by atoms with Crippen LogP contribution in [0.1, 0.15) is 73.1 Å². The van der Waals surface area contributed by atoms with Gasteiger partial charge in [-0.25, -0.2) is 0 Å². The fourth-order valence-electron chi connectivity index (χ4n) is 3.96. The van der Waals surface area contributed by atoms with Crippen LogP contribution in [0.4, 0.5) is 0 Å². The van der Waals surface area contributed by atoms with Gasteiger partial charge in [0.25, 0.3) is 0 Å². The molecular formula is C19H40N2. The van der Waals surface area contributed by atoms with Crippen molar-refractivity contribution < 1.29 is 0 Å². The maximum Gasteiger partial charge on any atom is 0.00501 e. The second-order valence-electron chi connectivity index (χ2n) is 7.95. The third-order valence-electron chi connectivity index (χ3n) is 5.07. The number of nitrogens with one attached hydrogen (secondary N) is 1. The summed E-state index contributed by atoms with van der Waals surface area (Å²) in [5.74, 6) is 1.66. The molecule has 1 aliphatic rings. The third-order valence-corrected chi connectivity index (χ3v) is 5.07. The van der Waals surface area contributed by atoms with Gasteiger partial charge in [0.15, 0.2) is 0 Å². The maximum absolute atomic E-state index is 3.77. The van der Waals surface area contributed by atoms with Crippen molar-refractivity contribution >= 4 is 0 Å². The van der Waals surface area contributed by atoms with Crippen molar-refractivity contribution in [2.45, 2.75) is 73.1 Å².